The highest BCUT2D eigenvalue weighted by molar-refractivity contribution is 14.0. The molecule has 180 valence electrons. The van der Waals surface area contributed by atoms with Crippen LogP contribution in [0.5, 0.6) is 11.5 Å². The van der Waals surface area contributed by atoms with Crippen LogP contribution in [0.15, 0.2) is 47.5 Å². The molecule has 3 rings (SSSR count). The van der Waals surface area contributed by atoms with Gasteiger partial charge < -0.3 is 29.9 Å². The van der Waals surface area contributed by atoms with Crippen molar-refractivity contribution >= 4 is 47.2 Å². The summed E-state index contributed by atoms with van der Waals surface area (Å²) in [5.74, 6) is 1.67. The molecule has 0 aliphatic carbocycles. The van der Waals surface area contributed by atoms with Crippen LogP contribution in [0.2, 0.25) is 0 Å². The molecule has 2 N–H and O–H groups in total. The Morgan fingerprint density at radius 1 is 1.03 bits per heavy atom. The summed E-state index contributed by atoms with van der Waals surface area (Å²) in [5.41, 5.74) is 1.77. The third-order valence-electron chi connectivity index (χ3n) is 5.33. The summed E-state index contributed by atoms with van der Waals surface area (Å²) < 4.78 is 23.7. The Hall–Kier alpha value is -2.76. The van der Waals surface area contributed by atoms with Crippen LogP contribution in [0.1, 0.15) is 6.42 Å². The van der Waals surface area contributed by atoms with Crippen LogP contribution in [0.3, 0.4) is 0 Å². The first-order valence-electron chi connectivity index (χ1n) is 10.5. The number of rotatable bonds is 7. The van der Waals surface area contributed by atoms with Crippen molar-refractivity contribution in [1.82, 2.24) is 10.2 Å². The molecule has 1 saturated heterocycles. The largest absolute Gasteiger partial charge is 0.493 e. The lowest BCUT2D eigenvalue weighted by Crippen LogP contribution is -2.49. The second-order valence-corrected chi connectivity index (χ2v) is 7.29. The van der Waals surface area contributed by atoms with Crippen LogP contribution in [0, 0.1) is 5.82 Å². The molecule has 2 aromatic rings. The smallest absolute Gasteiger partial charge is 0.224 e. The quantitative estimate of drug-likeness (QED) is 0.302. The van der Waals surface area contributed by atoms with E-state index in [9.17, 15) is 9.18 Å². The average molecular weight is 571 g/mol. The number of aliphatic imine (C=N–C) groups is 1. The van der Waals surface area contributed by atoms with E-state index in [4.69, 9.17) is 9.47 Å². The van der Waals surface area contributed by atoms with Crippen LogP contribution < -0.4 is 25.0 Å². The zero-order valence-corrected chi connectivity index (χ0v) is 21.5. The van der Waals surface area contributed by atoms with Gasteiger partial charge in [-0.2, -0.15) is 0 Å². The average Bonchev–Trinajstić information content (AvgIpc) is 2.83. The molecule has 1 aliphatic heterocycles. The number of amides is 1. The first-order chi connectivity index (χ1) is 15.5. The van der Waals surface area contributed by atoms with Gasteiger partial charge in [-0.3, -0.25) is 9.79 Å². The van der Waals surface area contributed by atoms with Gasteiger partial charge in [0.15, 0.2) is 17.5 Å². The number of nitrogens with zero attached hydrogens (tertiary/aromatic N) is 3. The normalized spacial score (nSPS) is 13.8. The van der Waals surface area contributed by atoms with E-state index in [1.807, 2.05) is 23.1 Å². The molecule has 1 aliphatic rings. The molecule has 1 fully saturated rings. The molecular weight excluding hydrogens is 540 g/mol. The van der Waals surface area contributed by atoms with Gasteiger partial charge in [0.2, 0.25) is 5.91 Å². The molecule has 0 spiro atoms. The van der Waals surface area contributed by atoms with Crippen LogP contribution >= 0.6 is 24.0 Å². The van der Waals surface area contributed by atoms with E-state index in [0.717, 1.165) is 24.5 Å². The first kappa shape index (κ1) is 26.5. The van der Waals surface area contributed by atoms with E-state index in [2.05, 4.69) is 20.5 Å². The molecule has 0 atom stereocenters. The van der Waals surface area contributed by atoms with Crippen molar-refractivity contribution in [1.29, 1.82) is 0 Å². The Balaban J connectivity index is 0.00000385. The van der Waals surface area contributed by atoms with Gasteiger partial charge in [0, 0.05) is 63.6 Å². The fraction of sp³-hybridized carbons (Fsp3) is 0.391. The summed E-state index contributed by atoms with van der Waals surface area (Å²) in [6.07, 6.45) is 0.364. The molecule has 0 saturated carbocycles. The lowest BCUT2D eigenvalue weighted by molar-refractivity contribution is -0.131. The first-order valence-corrected chi connectivity index (χ1v) is 10.5. The van der Waals surface area contributed by atoms with Crippen LogP contribution in [-0.2, 0) is 4.79 Å². The number of halogens is 2. The molecule has 8 nitrogen and oxygen atoms in total. The zero-order valence-electron chi connectivity index (χ0n) is 19.1. The minimum absolute atomic E-state index is 0. The fourth-order valence-corrected chi connectivity index (χ4v) is 3.54. The van der Waals surface area contributed by atoms with Crippen LogP contribution in [0.4, 0.5) is 15.8 Å². The third kappa shape index (κ3) is 7.37. The SMILES string of the molecule is CN=C(NCCC(=O)N1CCN(c2ccc(F)cc2)CC1)Nc1ccc(OC)c(OC)c1.I. The highest BCUT2D eigenvalue weighted by Crippen LogP contribution is 2.29. The molecule has 0 aromatic heterocycles. The molecule has 1 heterocycles. The van der Waals surface area contributed by atoms with Gasteiger partial charge in [-0.25, -0.2) is 4.39 Å². The lowest BCUT2D eigenvalue weighted by Gasteiger charge is -2.36. The summed E-state index contributed by atoms with van der Waals surface area (Å²) in [7, 11) is 4.84. The number of carbonyl (C=O) groups excluding carboxylic acids is 1. The molecule has 1 amide bonds. The van der Waals surface area contributed by atoms with Gasteiger partial charge >= 0.3 is 0 Å². The predicted molar refractivity (Wildman–Crippen MR) is 140 cm³/mol. The minimum Gasteiger partial charge on any atom is -0.493 e. The van der Waals surface area contributed by atoms with Gasteiger partial charge in [0.05, 0.1) is 14.2 Å². The number of methoxy groups -OCH3 is 2. The molecule has 33 heavy (non-hydrogen) atoms. The van der Waals surface area contributed by atoms with E-state index in [-0.39, 0.29) is 35.7 Å². The van der Waals surface area contributed by atoms with Crippen molar-refractivity contribution in [3.63, 3.8) is 0 Å². The molecule has 0 unspecified atom stereocenters. The number of carbonyl (C=O) groups is 1. The van der Waals surface area contributed by atoms with Crippen molar-refractivity contribution in [3.8, 4) is 11.5 Å². The van der Waals surface area contributed by atoms with Crippen molar-refractivity contribution in [2.24, 2.45) is 4.99 Å². The van der Waals surface area contributed by atoms with E-state index in [1.165, 1.54) is 12.1 Å². The highest BCUT2D eigenvalue weighted by atomic mass is 127. The lowest BCUT2D eigenvalue weighted by atomic mass is 10.2. The minimum atomic E-state index is -0.245. The van der Waals surface area contributed by atoms with E-state index < -0.39 is 0 Å². The topological polar surface area (TPSA) is 78.4 Å². The summed E-state index contributed by atoms with van der Waals surface area (Å²) in [5, 5.41) is 6.35. The number of benzene rings is 2. The van der Waals surface area contributed by atoms with Crippen LogP contribution in [0.25, 0.3) is 0 Å². The maximum Gasteiger partial charge on any atom is 0.224 e. The predicted octanol–water partition coefficient (Wildman–Crippen LogP) is 3.19. The summed E-state index contributed by atoms with van der Waals surface area (Å²) in [4.78, 5) is 20.8. The van der Waals surface area contributed by atoms with Gasteiger partial charge in [-0.15, -0.1) is 24.0 Å². The Morgan fingerprint density at radius 3 is 2.30 bits per heavy atom. The number of ether oxygens (including phenoxy) is 2. The highest BCUT2D eigenvalue weighted by Gasteiger charge is 2.21. The molecular formula is C23H31FIN5O3. The second kappa shape index (κ2) is 13.1. The summed E-state index contributed by atoms with van der Waals surface area (Å²) >= 11 is 0. The number of piperazine rings is 1. The van der Waals surface area contributed by atoms with E-state index >= 15 is 0 Å². The Morgan fingerprint density at radius 2 is 1.70 bits per heavy atom. The number of hydrogen-bond donors (Lipinski definition) is 2. The number of hydrogen-bond acceptors (Lipinski definition) is 5. The van der Waals surface area contributed by atoms with Gasteiger partial charge in [-0.1, -0.05) is 0 Å². The Bertz CT molecular complexity index is 934. The van der Waals surface area contributed by atoms with Crippen molar-refractivity contribution < 1.29 is 18.7 Å². The summed E-state index contributed by atoms with van der Waals surface area (Å²) in [6.45, 7) is 3.22. The number of nitrogens with one attached hydrogen (secondary N) is 2. The van der Waals surface area contributed by atoms with E-state index in [1.54, 1.807) is 33.4 Å². The van der Waals surface area contributed by atoms with E-state index in [0.29, 0.717) is 43.5 Å². The van der Waals surface area contributed by atoms with Crippen LogP contribution in [-0.4, -0.2) is 70.8 Å². The van der Waals surface area contributed by atoms with Gasteiger partial charge in [0.25, 0.3) is 0 Å². The van der Waals surface area contributed by atoms with Gasteiger partial charge in [0.1, 0.15) is 5.82 Å². The molecule has 2 aromatic carbocycles. The van der Waals surface area contributed by atoms with Crippen molar-refractivity contribution in [2.75, 3.05) is 64.2 Å². The monoisotopic (exact) mass is 571 g/mol. The molecule has 0 bridgehead atoms. The maximum atomic E-state index is 13.1. The second-order valence-electron chi connectivity index (χ2n) is 7.29. The third-order valence-corrected chi connectivity index (χ3v) is 5.33. The van der Waals surface area contributed by atoms with Crippen molar-refractivity contribution in [3.05, 3.63) is 48.3 Å². The molecule has 0 radical (unpaired) electrons. The molecule has 10 heteroatoms. The number of anilines is 2. The maximum absolute atomic E-state index is 13.1. The Kier molecular flexibility index (Phi) is 10.5. The number of guanidine groups is 1. The Labute approximate surface area is 211 Å². The van der Waals surface area contributed by atoms with Crippen molar-refractivity contribution in [2.45, 2.75) is 6.42 Å². The standard InChI is InChI=1S/C23H30FN5O3.HI/c1-25-23(27-18-6-9-20(31-2)21(16-18)32-3)26-11-10-22(30)29-14-12-28(13-15-29)19-7-4-17(24)5-8-19;/h4-9,16H,10-15H2,1-3H3,(H2,25,26,27);1H. The van der Waals surface area contributed by atoms with Gasteiger partial charge in [-0.05, 0) is 36.4 Å². The summed E-state index contributed by atoms with van der Waals surface area (Å²) in [6, 6.07) is 11.9. The zero-order chi connectivity index (χ0) is 22.9. The fourth-order valence-electron chi connectivity index (χ4n) is 3.54.